The SMILES string of the molecule is CC1CCc2c(ccc3c2nc(Cc2ccccc2)n3C2CC3(C2)CN(C)C3)N1C. The van der Waals surface area contributed by atoms with Crippen LogP contribution in [0.1, 0.15) is 49.2 Å². The Morgan fingerprint density at radius 2 is 1.80 bits per heavy atom. The highest BCUT2D eigenvalue weighted by Crippen LogP contribution is 2.55. The van der Waals surface area contributed by atoms with Crippen molar-refractivity contribution in [1.82, 2.24) is 14.5 Å². The van der Waals surface area contributed by atoms with Crippen LogP contribution in [0.3, 0.4) is 0 Å². The van der Waals surface area contributed by atoms with E-state index in [1.54, 1.807) is 0 Å². The van der Waals surface area contributed by atoms with Gasteiger partial charge in [-0.3, -0.25) is 0 Å². The van der Waals surface area contributed by atoms with Gasteiger partial charge in [-0.05, 0) is 62.8 Å². The Hall–Kier alpha value is -2.33. The number of aromatic nitrogens is 2. The van der Waals surface area contributed by atoms with E-state index in [9.17, 15) is 0 Å². The summed E-state index contributed by atoms with van der Waals surface area (Å²) in [4.78, 5) is 10.2. The van der Waals surface area contributed by atoms with Crippen LogP contribution < -0.4 is 4.90 Å². The van der Waals surface area contributed by atoms with Crippen LogP contribution >= 0.6 is 0 Å². The maximum atomic E-state index is 5.32. The number of aryl methyl sites for hydroxylation is 1. The van der Waals surface area contributed by atoms with Crippen molar-refractivity contribution in [3.8, 4) is 0 Å². The highest BCUT2D eigenvalue weighted by molar-refractivity contribution is 5.86. The van der Waals surface area contributed by atoms with Crippen LogP contribution in [0, 0.1) is 5.41 Å². The Bertz CT molecular complexity index is 1090. The van der Waals surface area contributed by atoms with Gasteiger partial charge in [-0.25, -0.2) is 4.98 Å². The average molecular weight is 401 g/mol. The molecule has 0 radical (unpaired) electrons. The zero-order chi connectivity index (χ0) is 20.5. The van der Waals surface area contributed by atoms with Gasteiger partial charge in [-0.1, -0.05) is 30.3 Å². The highest BCUT2D eigenvalue weighted by atomic mass is 15.2. The van der Waals surface area contributed by atoms with Gasteiger partial charge in [0.1, 0.15) is 5.82 Å². The van der Waals surface area contributed by atoms with Crippen molar-refractivity contribution in [2.24, 2.45) is 5.41 Å². The van der Waals surface area contributed by atoms with Gasteiger partial charge in [-0.2, -0.15) is 0 Å². The maximum Gasteiger partial charge on any atom is 0.114 e. The van der Waals surface area contributed by atoms with Crippen molar-refractivity contribution in [3.05, 3.63) is 59.4 Å². The molecule has 1 aromatic heterocycles. The number of anilines is 1. The molecule has 3 aliphatic rings. The van der Waals surface area contributed by atoms with E-state index in [1.165, 1.54) is 66.0 Å². The second-order valence-corrected chi connectivity index (χ2v) is 10.2. The summed E-state index contributed by atoms with van der Waals surface area (Å²) in [6.07, 6.45) is 5.87. The number of hydrogen-bond donors (Lipinski definition) is 0. The first-order valence-electron chi connectivity index (χ1n) is 11.5. The lowest BCUT2D eigenvalue weighted by Crippen LogP contribution is -2.60. The standard InChI is InChI=1S/C26H32N4/c1-18-9-10-21-22(29(18)3)11-12-23-25(21)27-24(13-19-7-5-4-6-8-19)30(23)20-14-26(15-20)16-28(2)17-26/h4-8,11-12,18,20H,9-10,13-17H2,1-3H3. The lowest BCUT2D eigenvalue weighted by molar-refractivity contribution is -0.0752. The van der Waals surface area contributed by atoms with Crippen molar-refractivity contribution in [3.63, 3.8) is 0 Å². The number of likely N-dealkylation sites (tertiary alicyclic amines) is 1. The first-order chi connectivity index (χ1) is 14.5. The molecule has 1 saturated heterocycles. The van der Waals surface area contributed by atoms with Crippen LogP contribution in [0.5, 0.6) is 0 Å². The Balaban J connectivity index is 1.44. The molecule has 1 unspecified atom stereocenters. The van der Waals surface area contributed by atoms with Gasteiger partial charge >= 0.3 is 0 Å². The molecule has 4 heteroatoms. The predicted molar refractivity (Wildman–Crippen MR) is 123 cm³/mol. The molecule has 30 heavy (non-hydrogen) atoms. The Morgan fingerprint density at radius 3 is 2.53 bits per heavy atom. The zero-order valence-corrected chi connectivity index (χ0v) is 18.4. The maximum absolute atomic E-state index is 5.32. The third kappa shape index (κ3) is 2.73. The number of benzene rings is 2. The summed E-state index contributed by atoms with van der Waals surface area (Å²) >= 11 is 0. The monoisotopic (exact) mass is 400 g/mol. The fraction of sp³-hybridized carbons (Fsp3) is 0.500. The van der Waals surface area contributed by atoms with Gasteiger partial charge in [0.05, 0.1) is 11.0 Å². The van der Waals surface area contributed by atoms with E-state index in [0.29, 0.717) is 17.5 Å². The van der Waals surface area contributed by atoms with Crippen LogP contribution in [-0.4, -0.2) is 47.7 Å². The predicted octanol–water partition coefficient (Wildman–Crippen LogP) is 4.66. The summed E-state index contributed by atoms with van der Waals surface area (Å²) in [6, 6.07) is 16.7. The Kier molecular flexibility index (Phi) is 4.05. The quantitative estimate of drug-likeness (QED) is 0.639. The number of hydrogen-bond acceptors (Lipinski definition) is 3. The van der Waals surface area contributed by atoms with E-state index in [1.807, 2.05) is 0 Å². The molecule has 1 aliphatic carbocycles. The number of fused-ring (bicyclic) bond motifs is 3. The lowest BCUT2D eigenvalue weighted by atomic mass is 9.60. The smallest absolute Gasteiger partial charge is 0.114 e. The molecule has 1 atom stereocenters. The van der Waals surface area contributed by atoms with Gasteiger partial charge in [0.25, 0.3) is 0 Å². The molecule has 6 rings (SSSR count). The fourth-order valence-corrected chi connectivity index (χ4v) is 6.41. The van der Waals surface area contributed by atoms with Crippen LogP contribution in [0.4, 0.5) is 5.69 Å². The molecular formula is C26H32N4. The van der Waals surface area contributed by atoms with E-state index in [2.05, 4.69) is 77.9 Å². The third-order valence-corrected chi connectivity index (χ3v) is 7.99. The highest BCUT2D eigenvalue weighted by Gasteiger charge is 2.52. The van der Waals surface area contributed by atoms with E-state index in [4.69, 9.17) is 4.98 Å². The molecule has 0 N–H and O–H groups in total. The van der Waals surface area contributed by atoms with Gasteiger partial charge in [0, 0.05) is 49.9 Å². The minimum Gasteiger partial charge on any atom is -0.372 e. The summed E-state index contributed by atoms with van der Waals surface area (Å²) in [5, 5.41) is 0. The molecule has 2 fully saturated rings. The van der Waals surface area contributed by atoms with Crippen molar-refractivity contribution in [2.45, 2.75) is 51.1 Å². The van der Waals surface area contributed by atoms with Crippen LogP contribution in [0.25, 0.3) is 11.0 Å². The van der Waals surface area contributed by atoms with Crippen LogP contribution in [0.15, 0.2) is 42.5 Å². The molecule has 2 aromatic carbocycles. The number of imidazole rings is 1. The summed E-state index contributed by atoms with van der Waals surface area (Å²) in [5.74, 6) is 1.25. The molecule has 156 valence electrons. The van der Waals surface area contributed by atoms with E-state index in [0.717, 1.165) is 12.8 Å². The fourth-order valence-electron chi connectivity index (χ4n) is 6.41. The van der Waals surface area contributed by atoms with E-state index >= 15 is 0 Å². The zero-order valence-electron chi connectivity index (χ0n) is 18.4. The lowest BCUT2D eigenvalue weighted by Gasteiger charge is -2.58. The summed E-state index contributed by atoms with van der Waals surface area (Å²) < 4.78 is 2.62. The number of nitrogens with zero attached hydrogens (tertiary/aromatic N) is 4. The summed E-state index contributed by atoms with van der Waals surface area (Å²) in [5.41, 5.74) is 7.37. The molecule has 1 spiro atoms. The molecular weight excluding hydrogens is 368 g/mol. The average Bonchev–Trinajstić information content (AvgIpc) is 3.05. The van der Waals surface area contributed by atoms with E-state index in [-0.39, 0.29) is 0 Å². The van der Waals surface area contributed by atoms with Gasteiger partial charge in [0.2, 0.25) is 0 Å². The van der Waals surface area contributed by atoms with Gasteiger partial charge < -0.3 is 14.4 Å². The van der Waals surface area contributed by atoms with Gasteiger partial charge in [-0.15, -0.1) is 0 Å². The third-order valence-electron chi connectivity index (χ3n) is 7.99. The molecule has 0 amide bonds. The second-order valence-electron chi connectivity index (χ2n) is 10.2. The van der Waals surface area contributed by atoms with Crippen LogP contribution in [-0.2, 0) is 12.8 Å². The minimum absolute atomic E-state index is 0.573. The van der Waals surface area contributed by atoms with Crippen molar-refractivity contribution < 1.29 is 0 Å². The molecule has 1 saturated carbocycles. The van der Waals surface area contributed by atoms with Crippen molar-refractivity contribution in [1.29, 1.82) is 0 Å². The van der Waals surface area contributed by atoms with Gasteiger partial charge in [0.15, 0.2) is 0 Å². The largest absolute Gasteiger partial charge is 0.372 e. The Labute approximate surface area is 179 Å². The summed E-state index contributed by atoms with van der Waals surface area (Å²) in [6.45, 7) is 4.86. The topological polar surface area (TPSA) is 24.3 Å². The molecule has 0 bridgehead atoms. The van der Waals surface area contributed by atoms with Crippen molar-refractivity contribution >= 4 is 16.7 Å². The van der Waals surface area contributed by atoms with Crippen molar-refractivity contribution in [2.75, 3.05) is 32.1 Å². The van der Waals surface area contributed by atoms with E-state index < -0.39 is 0 Å². The molecule has 3 aromatic rings. The van der Waals surface area contributed by atoms with Crippen LogP contribution in [0.2, 0.25) is 0 Å². The normalized spacial score (nSPS) is 23.4. The molecule has 2 aliphatic heterocycles. The minimum atomic E-state index is 0.573. The molecule has 4 nitrogen and oxygen atoms in total. The number of rotatable bonds is 3. The first kappa shape index (κ1) is 18.4. The Morgan fingerprint density at radius 1 is 1.03 bits per heavy atom. The first-order valence-corrected chi connectivity index (χ1v) is 11.5. The summed E-state index contributed by atoms with van der Waals surface area (Å²) in [7, 11) is 4.48. The second kappa shape index (κ2) is 6.58. The molecule has 3 heterocycles.